The number of nitrogens with zero attached hydrogens (tertiary/aromatic N) is 6. The Kier molecular flexibility index (Phi) is 6.54. The maximum Gasteiger partial charge on any atom is 0.418 e. The molecule has 6 rings (SSSR count). The van der Waals surface area contributed by atoms with Crippen molar-refractivity contribution in [2.45, 2.75) is 37.7 Å². The lowest BCUT2D eigenvalue weighted by molar-refractivity contribution is -0.136. The van der Waals surface area contributed by atoms with Gasteiger partial charge < -0.3 is 9.30 Å². The Morgan fingerprint density at radius 2 is 1.90 bits per heavy atom. The van der Waals surface area contributed by atoms with E-state index in [1.807, 2.05) is 28.6 Å². The zero-order valence-electron chi connectivity index (χ0n) is 21.3. The standard InChI is InChI=1S/C27H28F4N6O2/c1-34-16-32-33-25(34)24(19-14-39-15-19)18-3-2-4-21(10-18)36-13-23-22(27(29,30)31)9-17(12-37(23)26(36)38)11-35-7-5-20(28)6-8-35/h2-4,9-10,12-13,16,19-20,24H,5-8,11,14-15H2,1H3/t24-/m0/s1. The highest BCUT2D eigenvalue weighted by Crippen LogP contribution is 2.36. The van der Waals surface area contributed by atoms with Crippen LogP contribution in [0.15, 0.2) is 53.8 Å². The number of benzene rings is 1. The molecule has 3 aromatic heterocycles. The number of aromatic nitrogens is 5. The van der Waals surface area contributed by atoms with Gasteiger partial charge in [-0.1, -0.05) is 12.1 Å². The minimum Gasteiger partial charge on any atom is -0.381 e. The molecule has 206 valence electrons. The van der Waals surface area contributed by atoms with Crippen molar-refractivity contribution >= 4 is 5.52 Å². The van der Waals surface area contributed by atoms with Gasteiger partial charge in [-0.2, -0.15) is 13.2 Å². The number of ether oxygens (including phenoxy) is 1. The molecule has 2 aliphatic rings. The molecule has 0 unspecified atom stereocenters. The fraction of sp³-hybridized carbons (Fsp3) is 0.444. The molecule has 2 fully saturated rings. The normalized spacial score (nSPS) is 18.5. The number of aryl methyl sites for hydroxylation is 1. The van der Waals surface area contributed by atoms with E-state index in [1.54, 1.807) is 18.5 Å². The highest BCUT2D eigenvalue weighted by molar-refractivity contribution is 5.58. The molecule has 2 aliphatic heterocycles. The molecule has 5 heterocycles. The van der Waals surface area contributed by atoms with E-state index < -0.39 is 23.6 Å². The van der Waals surface area contributed by atoms with Crippen LogP contribution >= 0.6 is 0 Å². The highest BCUT2D eigenvalue weighted by Gasteiger charge is 2.36. The predicted octanol–water partition coefficient (Wildman–Crippen LogP) is 3.95. The smallest absolute Gasteiger partial charge is 0.381 e. The first-order valence-electron chi connectivity index (χ1n) is 12.9. The van der Waals surface area contributed by atoms with E-state index in [1.165, 1.54) is 17.0 Å². The Hall–Kier alpha value is -3.51. The number of hydrogen-bond acceptors (Lipinski definition) is 5. The van der Waals surface area contributed by atoms with Gasteiger partial charge in [-0.3, -0.25) is 13.9 Å². The molecule has 0 N–H and O–H groups in total. The SMILES string of the molecule is Cn1cnnc1[C@@H](c1cccc(-n2cc3c(C(F)(F)F)cc(CN4CCC(F)CC4)cn3c2=O)c1)C1COC1. The molecule has 1 atom stereocenters. The molecule has 39 heavy (non-hydrogen) atoms. The summed E-state index contributed by atoms with van der Waals surface area (Å²) in [7, 11) is 1.85. The number of likely N-dealkylation sites (tertiary alicyclic amines) is 1. The van der Waals surface area contributed by atoms with Crippen molar-refractivity contribution in [1.29, 1.82) is 0 Å². The van der Waals surface area contributed by atoms with Gasteiger partial charge in [0.15, 0.2) is 0 Å². The largest absolute Gasteiger partial charge is 0.418 e. The van der Waals surface area contributed by atoms with Crippen LogP contribution in [-0.4, -0.2) is 61.1 Å². The van der Waals surface area contributed by atoms with E-state index in [0.717, 1.165) is 21.9 Å². The second kappa shape index (κ2) is 9.91. The molecule has 12 heteroatoms. The lowest BCUT2D eigenvalue weighted by atomic mass is 9.84. The van der Waals surface area contributed by atoms with Crippen LogP contribution in [0.4, 0.5) is 17.6 Å². The first kappa shape index (κ1) is 25.8. The summed E-state index contributed by atoms with van der Waals surface area (Å²) in [5.41, 5.74) is -0.0232. The topological polar surface area (TPSA) is 69.6 Å². The van der Waals surface area contributed by atoms with Gasteiger partial charge in [0.05, 0.1) is 35.9 Å². The van der Waals surface area contributed by atoms with Gasteiger partial charge in [0.25, 0.3) is 0 Å². The van der Waals surface area contributed by atoms with Crippen molar-refractivity contribution in [1.82, 2.24) is 28.6 Å². The van der Waals surface area contributed by atoms with Crippen LogP contribution in [0.1, 0.15) is 41.3 Å². The van der Waals surface area contributed by atoms with Crippen molar-refractivity contribution in [2.75, 3.05) is 26.3 Å². The fourth-order valence-corrected chi connectivity index (χ4v) is 5.58. The molecular weight excluding hydrogens is 516 g/mol. The van der Waals surface area contributed by atoms with Crippen molar-refractivity contribution in [2.24, 2.45) is 13.0 Å². The van der Waals surface area contributed by atoms with Gasteiger partial charge >= 0.3 is 11.9 Å². The Balaban J connectivity index is 1.41. The summed E-state index contributed by atoms with van der Waals surface area (Å²) >= 11 is 0. The minimum absolute atomic E-state index is 0.148. The molecule has 4 aromatic rings. The maximum absolute atomic E-state index is 14.2. The summed E-state index contributed by atoms with van der Waals surface area (Å²) in [6.07, 6.45) is -0.518. The third-order valence-corrected chi connectivity index (χ3v) is 7.72. The zero-order valence-corrected chi connectivity index (χ0v) is 21.3. The Bertz CT molecular complexity index is 1550. The molecule has 0 amide bonds. The van der Waals surface area contributed by atoms with Crippen LogP contribution in [0, 0.1) is 5.92 Å². The second-order valence-electron chi connectivity index (χ2n) is 10.4. The summed E-state index contributed by atoms with van der Waals surface area (Å²) in [6, 6.07) is 8.31. The van der Waals surface area contributed by atoms with Gasteiger partial charge in [-0.25, -0.2) is 9.18 Å². The molecule has 8 nitrogen and oxygen atoms in total. The molecule has 1 aromatic carbocycles. The zero-order chi connectivity index (χ0) is 27.3. The number of halogens is 4. The number of imidazole rings is 1. The molecule has 0 saturated carbocycles. The number of piperidine rings is 1. The molecule has 2 saturated heterocycles. The van der Waals surface area contributed by atoms with E-state index >= 15 is 0 Å². The number of fused-ring (bicyclic) bond motifs is 1. The molecule has 0 aliphatic carbocycles. The van der Waals surface area contributed by atoms with Crippen molar-refractivity contribution in [3.8, 4) is 5.69 Å². The van der Waals surface area contributed by atoms with Gasteiger partial charge in [-0.15, -0.1) is 10.2 Å². The lowest BCUT2D eigenvalue weighted by Gasteiger charge is -2.33. The van der Waals surface area contributed by atoms with Crippen molar-refractivity contribution in [3.05, 3.63) is 82.1 Å². The van der Waals surface area contributed by atoms with Crippen LogP contribution in [0.25, 0.3) is 11.2 Å². The third kappa shape index (κ3) is 4.87. The van der Waals surface area contributed by atoms with Crippen LogP contribution < -0.4 is 5.69 Å². The summed E-state index contributed by atoms with van der Waals surface area (Å²) in [4.78, 5) is 15.4. The van der Waals surface area contributed by atoms with E-state index in [2.05, 4.69) is 10.2 Å². The van der Waals surface area contributed by atoms with E-state index in [9.17, 15) is 22.4 Å². The average Bonchev–Trinajstić information content (AvgIpc) is 3.44. The Labute approximate surface area is 221 Å². The van der Waals surface area contributed by atoms with E-state index in [-0.39, 0.29) is 23.9 Å². The Morgan fingerprint density at radius 1 is 1.13 bits per heavy atom. The number of alkyl halides is 4. The average molecular weight is 545 g/mol. The Morgan fingerprint density at radius 3 is 2.54 bits per heavy atom. The van der Waals surface area contributed by atoms with Gasteiger partial charge in [0.1, 0.15) is 18.3 Å². The monoisotopic (exact) mass is 544 g/mol. The first-order valence-corrected chi connectivity index (χ1v) is 12.9. The van der Waals surface area contributed by atoms with Crippen LogP contribution in [0.5, 0.6) is 0 Å². The van der Waals surface area contributed by atoms with Gasteiger partial charge in [0, 0.05) is 45.0 Å². The predicted molar refractivity (Wildman–Crippen MR) is 135 cm³/mol. The van der Waals surface area contributed by atoms with Gasteiger partial charge in [0.2, 0.25) is 0 Å². The lowest BCUT2D eigenvalue weighted by Crippen LogP contribution is -2.35. The molecule has 0 bridgehead atoms. The van der Waals surface area contributed by atoms with Crippen molar-refractivity contribution in [3.63, 3.8) is 0 Å². The van der Waals surface area contributed by atoms with E-state index in [0.29, 0.717) is 50.4 Å². The van der Waals surface area contributed by atoms with Gasteiger partial charge in [-0.05, 0) is 42.2 Å². The number of rotatable bonds is 6. The summed E-state index contributed by atoms with van der Waals surface area (Å²) < 4.78 is 65.6. The summed E-state index contributed by atoms with van der Waals surface area (Å²) in [6.45, 7) is 2.24. The second-order valence-corrected chi connectivity index (χ2v) is 10.4. The molecule has 0 spiro atoms. The summed E-state index contributed by atoms with van der Waals surface area (Å²) in [5.74, 6) is 0.759. The molecular formula is C27H28F4N6O2. The maximum atomic E-state index is 14.2. The number of pyridine rings is 1. The number of hydrogen-bond donors (Lipinski definition) is 0. The van der Waals surface area contributed by atoms with Crippen LogP contribution in [0.2, 0.25) is 0 Å². The minimum atomic E-state index is -4.66. The van der Waals surface area contributed by atoms with E-state index in [4.69, 9.17) is 4.74 Å². The van der Waals surface area contributed by atoms with Crippen LogP contribution in [0.3, 0.4) is 0 Å². The molecule has 0 radical (unpaired) electrons. The quantitative estimate of drug-likeness (QED) is 0.344. The highest BCUT2D eigenvalue weighted by atomic mass is 19.4. The van der Waals surface area contributed by atoms with Crippen molar-refractivity contribution < 1.29 is 22.3 Å². The summed E-state index contributed by atoms with van der Waals surface area (Å²) in [5, 5.41) is 8.29. The fourth-order valence-electron chi connectivity index (χ4n) is 5.58. The third-order valence-electron chi connectivity index (χ3n) is 7.72. The van der Waals surface area contributed by atoms with Crippen LogP contribution in [-0.2, 0) is 24.5 Å². The first-order chi connectivity index (χ1) is 18.7.